The number of hydrogen-bond acceptors (Lipinski definition) is 4. The summed E-state index contributed by atoms with van der Waals surface area (Å²) in [5.74, 6) is 0. The van der Waals surface area contributed by atoms with E-state index in [-0.39, 0.29) is 21.1 Å². The number of nitro groups is 1. The zero-order chi connectivity index (χ0) is 9.30. The standard InChI is InChI=1S/C5H3BrClN3O2/c6-3-1-2(10(11)12)4(8)5(7)9-3/h1H,8H2. The van der Waals surface area contributed by atoms with Crippen LogP contribution in [0.3, 0.4) is 0 Å². The molecule has 0 saturated carbocycles. The lowest BCUT2D eigenvalue weighted by molar-refractivity contribution is -0.384. The van der Waals surface area contributed by atoms with Crippen LogP contribution in [0.2, 0.25) is 5.15 Å². The molecule has 0 radical (unpaired) electrons. The Hall–Kier alpha value is -0.880. The molecular formula is C5H3BrClN3O2. The third-order valence-corrected chi connectivity index (χ3v) is 1.85. The number of anilines is 1. The molecule has 1 aromatic heterocycles. The van der Waals surface area contributed by atoms with Gasteiger partial charge in [-0.05, 0) is 15.9 Å². The Morgan fingerprint density at radius 2 is 2.33 bits per heavy atom. The first kappa shape index (κ1) is 9.21. The topological polar surface area (TPSA) is 82.0 Å². The fourth-order valence-electron chi connectivity index (χ4n) is 0.634. The maximum absolute atomic E-state index is 10.3. The maximum atomic E-state index is 10.3. The Kier molecular flexibility index (Phi) is 2.49. The number of nitrogens with zero attached hydrogens (tertiary/aromatic N) is 2. The Morgan fingerprint density at radius 1 is 1.75 bits per heavy atom. The zero-order valence-electron chi connectivity index (χ0n) is 5.62. The summed E-state index contributed by atoms with van der Waals surface area (Å²) in [7, 11) is 0. The maximum Gasteiger partial charge on any atom is 0.298 e. The van der Waals surface area contributed by atoms with E-state index in [1.165, 1.54) is 6.07 Å². The van der Waals surface area contributed by atoms with Crippen LogP contribution in [0.5, 0.6) is 0 Å². The van der Waals surface area contributed by atoms with Crippen molar-refractivity contribution in [3.05, 3.63) is 25.9 Å². The Morgan fingerprint density at radius 3 is 2.83 bits per heavy atom. The van der Waals surface area contributed by atoms with Crippen molar-refractivity contribution in [2.75, 3.05) is 5.73 Å². The van der Waals surface area contributed by atoms with E-state index in [0.29, 0.717) is 0 Å². The predicted molar refractivity (Wildman–Crippen MR) is 48.0 cm³/mol. The van der Waals surface area contributed by atoms with Crippen molar-refractivity contribution in [3.8, 4) is 0 Å². The fraction of sp³-hybridized carbons (Fsp3) is 0. The highest BCUT2D eigenvalue weighted by molar-refractivity contribution is 9.10. The minimum Gasteiger partial charge on any atom is -0.391 e. The van der Waals surface area contributed by atoms with E-state index < -0.39 is 4.92 Å². The van der Waals surface area contributed by atoms with Gasteiger partial charge in [0.05, 0.1) is 11.0 Å². The summed E-state index contributed by atoms with van der Waals surface area (Å²) in [6.07, 6.45) is 0. The van der Waals surface area contributed by atoms with Crippen molar-refractivity contribution in [3.63, 3.8) is 0 Å². The minimum atomic E-state index is -0.617. The van der Waals surface area contributed by atoms with E-state index in [9.17, 15) is 10.1 Å². The predicted octanol–water partition coefficient (Wildman–Crippen LogP) is 1.99. The van der Waals surface area contributed by atoms with E-state index in [0.717, 1.165) is 0 Å². The van der Waals surface area contributed by atoms with Gasteiger partial charge in [0.25, 0.3) is 5.69 Å². The molecule has 12 heavy (non-hydrogen) atoms. The van der Waals surface area contributed by atoms with Crippen LogP contribution in [0.1, 0.15) is 0 Å². The summed E-state index contributed by atoms with van der Waals surface area (Å²) in [6.45, 7) is 0. The molecule has 7 heteroatoms. The highest BCUT2D eigenvalue weighted by Gasteiger charge is 2.16. The number of pyridine rings is 1. The van der Waals surface area contributed by atoms with Gasteiger partial charge < -0.3 is 5.73 Å². The summed E-state index contributed by atoms with van der Waals surface area (Å²) < 4.78 is 0.286. The van der Waals surface area contributed by atoms with Crippen LogP contribution in [0.15, 0.2) is 10.7 Å². The smallest absolute Gasteiger partial charge is 0.298 e. The molecule has 0 atom stereocenters. The second kappa shape index (κ2) is 3.24. The van der Waals surface area contributed by atoms with Gasteiger partial charge in [-0.15, -0.1) is 0 Å². The first-order valence-corrected chi connectivity index (χ1v) is 3.95. The van der Waals surface area contributed by atoms with Crippen molar-refractivity contribution in [2.24, 2.45) is 0 Å². The van der Waals surface area contributed by atoms with Crippen LogP contribution in [0.25, 0.3) is 0 Å². The second-order valence-corrected chi connectivity index (χ2v) is 3.10. The molecule has 0 aliphatic heterocycles. The van der Waals surface area contributed by atoms with Gasteiger partial charge in [-0.3, -0.25) is 10.1 Å². The molecule has 0 unspecified atom stereocenters. The first-order valence-electron chi connectivity index (χ1n) is 2.78. The number of rotatable bonds is 1. The SMILES string of the molecule is Nc1c([N+](=O)[O-])cc(Br)nc1Cl. The van der Waals surface area contributed by atoms with E-state index >= 15 is 0 Å². The molecule has 1 aromatic rings. The van der Waals surface area contributed by atoms with E-state index in [1.807, 2.05) is 0 Å². The number of nitrogen functional groups attached to an aromatic ring is 1. The molecule has 0 amide bonds. The van der Waals surface area contributed by atoms with Gasteiger partial charge in [0.1, 0.15) is 10.3 Å². The summed E-state index contributed by atoms with van der Waals surface area (Å²) in [4.78, 5) is 13.4. The van der Waals surface area contributed by atoms with Crippen molar-refractivity contribution >= 4 is 38.9 Å². The van der Waals surface area contributed by atoms with Gasteiger partial charge in [0.15, 0.2) is 5.15 Å². The molecule has 1 heterocycles. The largest absolute Gasteiger partial charge is 0.391 e. The van der Waals surface area contributed by atoms with Gasteiger partial charge in [0, 0.05) is 0 Å². The quantitative estimate of drug-likeness (QED) is 0.471. The molecule has 0 saturated heterocycles. The average Bonchev–Trinajstić information content (AvgIpc) is 1.96. The van der Waals surface area contributed by atoms with Crippen molar-refractivity contribution in [1.29, 1.82) is 0 Å². The lowest BCUT2D eigenvalue weighted by Crippen LogP contribution is -1.98. The molecule has 0 aliphatic carbocycles. The zero-order valence-corrected chi connectivity index (χ0v) is 7.96. The summed E-state index contributed by atoms with van der Waals surface area (Å²) in [6, 6.07) is 1.20. The Balaban J connectivity index is 3.37. The molecule has 0 fully saturated rings. The van der Waals surface area contributed by atoms with Crippen LogP contribution in [0.4, 0.5) is 11.4 Å². The van der Waals surface area contributed by atoms with Crippen LogP contribution in [-0.2, 0) is 0 Å². The molecule has 64 valence electrons. The Bertz CT molecular complexity index is 344. The summed E-state index contributed by atoms with van der Waals surface area (Å²) in [5, 5.41) is 10.3. The van der Waals surface area contributed by atoms with Crippen LogP contribution in [-0.4, -0.2) is 9.91 Å². The van der Waals surface area contributed by atoms with Crippen molar-refractivity contribution in [2.45, 2.75) is 0 Å². The number of hydrogen-bond donors (Lipinski definition) is 1. The molecule has 0 aliphatic rings. The number of nitrogens with two attached hydrogens (primary N) is 1. The van der Waals surface area contributed by atoms with Crippen LogP contribution >= 0.6 is 27.5 Å². The average molecular weight is 252 g/mol. The summed E-state index contributed by atoms with van der Waals surface area (Å²) >= 11 is 8.45. The third-order valence-electron chi connectivity index (χ3n) is 1.16. The molecule has 0 bridgehead atoms. The van der Waals surface area contributed by atoms with E-state index in [4.69, 9.17) is 17.3 Å². The highest BCUT2D eigenvalue weighted by Crippen LogP contribution is 2.29. The molecule has 2 N–H and O–H groups in total. The number of halogens is 2. The normalized spacial score (nSPS) is 9.83. The van der Waals surface area contributed by atoms with Gasteiger partial charge >= 0.3 is 0 Å². The molecule has 0 aromatic carbocycles. The second-order valence-electron chi connectivity index (χ2n) is 1.93. The van der Waals surface area contributed by atoms with Gasteiger partial charge in [-0.1, -0.05) is 11.6 Å². The third kappa shape index (κ3) is 1.64. The minimum absolute atomic E-state index is 0.0731. The molecule has 5 nitrogen and oxygen atoms in total. The fourth-order valence-corrected chi connectivity index (χ4v) is 1.32. The van der Waals surface area contributed by atoms with E-state index in [1.54, 1.807) is 0 Å². The van der Waals surface area contributed by atoms with Crippen LogP contribution < -0.4 is 5.73 Å². The van der Waals surface area contributed by atoms with Crippen molar-refractivity contribution in [1.82, 2.24) is 4.98 Å². The lowest BCUT2D eigenvalue weighted by atomic mass is 10.4. The van der Waals surface area contributed by atoms with Crippen LogP contribution in [0, 0.1) is 10.1 Å². The molecular weight excluding hydrogens is 249 g/mol. The number of aromatic nitrogens is 1. The Labute approximate surface area is 80.8 Å². The summed E-state index contributed by atoms with van der Waals surface area (Å²) in [5.41, 5.74) is 4.93. The molecule has 0 spiro atoms. The van der Waals surface area contributed by atoms with Gasteiger partial charge in [0.2, 0.25) is 0 Å². The highest BCUT2D eigenvalue weighted by atomic mass is 79.9. The van der Waals surface area contributed by atoms with Gasteiger partial charge in [-0.2, -0.15) is 0 Å². The molecule has 1 rings (SSSR count). The lowest BCUT2D eigenvalue weighted by Gasteiger charge is -1.98. The first-order chi connectivity index (χ1) is 5.52. The van der Waals surface area contributed by atoms with Crippen molar-refractivity contribution < 1.29 is 4.92 Å². The van der Waals surface area contributed by atoms with E-state index in [2.05, 4.69) is 20.9 Å². The monoisotopic (exact) mass is 251 g/mol. The van der Waals surface area contributed by atoms with Gasteiger partial charge in [-0.25, -0.2) is 4.98 Å².